The molecule has 5 nitrogen and oxygen atoms in total. The predicted molar refractivity (Wildman–Crippen MR) is 84.4 cm³/mol. The molecule has 2 N–H and O–H groups in total. The van der Waals surface area contributed by atoms with Crippen molar-refractivity contribution in [3.63, 3.8) is 0 Å². The van der Waals surface area contributed by atoms with E-state index in [1.807, 2.05) is 6.20 Å². The van der Waals surface area contributed by atoms with Gasteiger partial charge in [0.2, 0.25) is 11.8 Å². The molecule has 21 heavy (non-hydrogen) atoms. The van der Waals surface area contributed by atoms with Crippen LogP contribution in [0.1, 0.15) is 49.3 Å². The molecule has 1 aromatic heterocycles. The largest absolute Gasteiger partial charge is 0.352 e. The molecule has 2 rings (SSSR count). The molecule has 0 aromatic carbocycles. The zero-order valence-electron chi connectivity index (χ0n) is 12.1. The third-order valence-electron chi connectivity index (χ3n) is 3.61. The highest BCUT2D eigenvalue weighted by Crippen LogP contribution is 2.36. The first-order valence-electron chi connectivity index (χ1n) is 7.35. The summed E-state index contributed by atoms with van der Waals surface area (Å²) in [5, 5.41) is 6.00. The number of nitrogens with one attached hydrogen (secondary N) is 2. The van der Waals surface area contributed by atoms with Crippen molar-refractivity contribution < 1.29 is 9.59 Å². The van der Waals surface area contributed by atoms with Gasteiger partial charge in [-0.2, -0.15) is 0 Å². The second-order valence-corrected chi connectivity index (χ2v) is 6.26. The Hall–Kier alpha value is -1.69. The fraction of sp³-hybridized carbons (Fsp3) is 0.533. The van der Waals surface area contributed by atoms with Gasteiger partial charge in [0.1, 0.15) is 0 Å². The van der Waals surface area contributed by atoms with E-state index in [0.717, 1.165) is 0 Å². The summed E-state index contributed by atoms with van der Waals surface area (Å²) in [6.45, 7) is 3.66. The van der Waals surface area contributed by atoms with Crippen LogP contribution >= 0.6 is 11.3 Å². The second kappa shape index (κ2) is 7.93. The van der Waals surface area contributed by atoms with Gasteiger partial charge in [-0.1, -0.05) is 25.8 Å². The van der Waals surface area contributed by atoms with E-state index in [0.29, 0.717) is 17.6 Å². The molecule has 0 unspecified atom stereocenters. The molecule has 114 valence electrons. The van der Waals surface area contributed by atoms with Crippen LogP contribution in [0.25, 0.3) is 0 Å². The Morgan fingerprint density at radius 3 is 2.86 bits per heavy atom. The summed E-state index contributed by atoms with van der Waals surface area (Å²) < 4.78 is 0. The summed E-state index contributed by atoms with van der Waals surface area (Å²) in [6, 6.07) is 0. The lowest BCUT2D eigenvalue weighted by Crippen LogP contribution is -2.25. The maximum Gasteiger partial charge on any atom is 0.243 e. The second-order valence-electron chi connectivity index (χ2n) is 5.20. The van der Waals surface area contributed by atoms with Crippen molar-refractivity contribution in [2.45, 2.75) is 44.4 Å². The van der Waals surface area contributed by atoms with Gasteiger partial charge in [0.05, 0.1) is 0 Å². The molecular weight excluding hydrogens is 286 g/mol. The van der Waals surface area contributed by atoms with Crippen molar-refractivity contribution in [3.8, 4) is 0 Å². The Labute approximate surface area is 128 Å². The first-order chi connectivity index (χ1) is 10.2. The summed E-state index contributed by atoms with van der Waals surface area (Å²) in [5.74, 6) is 0.203. The number of hydrogen-bond donors (Lipinski definition) is 2. The molecular formula is C15H21N3O2S. The lowest BCUT2D eigenvalue weighted by Gasteiger charge is -2.19. The Balaban J connectivity index is 1.77. The Bertz CT molecular complexity index is 507. The van der Waals surface area contributed by atoms with Gasteiger partial charge in [-0.15, -0.1) is 11.3 Å². The smallest absolute Gasteiger partial charge is 0.243 e. The van der Waals surface area contributed by atoms with Crippen molar-refractivity contribution in [3.05, 3.63) is 23.7 Å². The minimum atomic E-state index is -0.267. The number of nitrogens with zero attached hydrogens (tertiary/aromatic N) is 1. The van der Waals surface area contributed by atoms with E-state index in [-0.39, 0.29) is 18.2 Å². The van der Waals surface area contributed by atoms with Gasteiger partial charge in [-0.3, -0.25) is 9.59 Å². The van der Waals surface area contributed by atoms with Gasteiger partial charge in [0.25, 0.3) is 0 Å². The van der Waals surface area contributed by atoms with Crippen LogP contribution in [0.5, 0.6) is 0 Å². The predicted octanol–water partition coefficient (Wildman–Crippen LogP) is 2.82. The monoisotopic (exact) mass is 307 g/mol. The molecule has 6 heteroatoms. The van der Waals surface area contributed by atoms with Crippen LogP contribution in [0, 0.1) is 0 Å². The maximum absolute atomic E-state index is 11.7. The van der Waals surface area contributed by atoms with Gasteiger partial charge >= 0.3 is 0 Å². The Morgan fingerprint density at radius 1 is 1.38 bits per heavy atom. The molecule has 0 atom stereocenters. The number of amides is 2. The van der Waals surface area contributed by atoms with Crippen molar-refractivity contribution in [2.75, 3.05) is 11.9 Å². The number of carbonyl (C=O) groups excluding carboxylic acids is 2. The van der Waals surface area contributed by atoms with Gasteiger partial charge in [0, 0.05) is 24.0 Å². The van der Waals surface area contributed by atoms with Crippen molar-refractivity contribution in [1.29, 1.82) is 0 Å². The quantitative estimate of drug-likeness (QED) is 0.794. The maximum atomic E-state index is 11.7. The van der Waals surface area contributed by atoms with E-state index in [1.54, 1.807) is 11.3 Å². The molecule has 2 amide bonds. The van der Waals surface area contributed by atoms with E-state index in [1.165, 1.54) is 43.1 Å². The summed E-state index contributed by atoms with van der Waals surface area (Å²) in [7, 11) is 0. The van der Waals surface area contributed by atoms with Crippen LogP contribution in [0.3, 0.4) is 0 Å². The third kappa shape index (κ3) is 4.97. The van der Waals surface area contributed by atoms with Crippen LogP contribution in [-0.2, 0) is 9.59 Å². The molecule has 1 aromatic rings. The van der Waals surface area contributed by atoms with Gasteiger partial charge in [-0.25, -0.2) is 4.98 Å². The molecule has 0 spiro atoms. The van der Waals surface area contributed by atoms with Crippen LogP contribution in [0.4, 0.5) is 5.13 Å². The molecule has 1 saturated carbocycles. The molecule has 1 aliphatic rings. The number of hydrogen-bond acceptors (Lipinski definition) is 4. The molecule has 0 bridgehead atoms. The zero-order chi connectivity index (χ0) is 15.1. The normalized spacial score (nSPS) is 15.4. The van der Waals surface area contributed by atoms with E-state index in [9.17, 15) is 9.59 Å². The lowest BCUT2D eigenvalue weighted by atomic mass is 9.89. The van der Waals surface area contributed by atoms with Crippen molar-refractivity contribution in [1.82, 2.24) is 10.3 Å². The van der Waals surface area contributed by atoms with Crippen LogP contribution in [0.15, 0.2) is 18.9 Å². The van der Waals surface area contributed by atoms with Gasteiger partial charge in [0.15, 0.2) is 5.13 Å². The van der Waals surface area contributed by atoms with Crippen LogP contribution in [-0.4, -0.2) is 23.3 Å². The molecule has 1 aliphatic carbocycles. The standard InChI is InChI=1S/C15H21N3O2S/c1-2-13(19)16-9-8-14(20)18-15-17-10-12(21-15)11-6-4-3-5-7-11/h2,10-11H,1,3-9H2,(H,16,19)(H,17,18,20). The Kier molecular flexibility index (Phi) is 5.92. The molecule has 0 radical (unpaired) electrons. The first-order valence-corrected chi connectivity index (χ1v) is 8.16. The number of aromatic nitrogens is 1. The summed E-state index contributed by atoms with van der Waals surface area (Å²) >= 11 is 1.57. The third-order valence-corrected chi connectivity index (χ3v) is 4.69. The van der Waals surface area contributed by atoms with Gasteiger partial charge < -0.3 is 10.6 Å². The average molecular weight is 307 g/mol. The molecule has 0 saturated heterocycles. The SMILES string of the molecule is C=CC(=O)NCCC(=O)Nc1ncc(C2CCCCC2)s1. The summed E-state index contributed by atoms with van der Waals surface area (Å²) in [4.78, 5) is 28.2. The molecule has 0 aliphatic heterocycles. The molecule has 1 fully saturated rings. The van der Waals surface area contributed by atoms with Crippen molar-refractivity contribution in [2.24, 2.45) is 0 Å². The minimum absolute atomic E-state index is 0.135. The van der Waals surface area contributed by atoms with E-state index >= 15 is 0 Å². The van der Waals surface area contributed by atoms with E-state index in [4.69, 9.17) is 0 Å². The van der Waals surface area contributed by atoms with Crippen LogP contribution in [0.2, 0.25) is 0 Å². The summed E-state index contributed by atoms with van der Waals surface area (Å²) in [5.41, 5.74) is 0. The fourth-order valence-corrected chi connectivity index (χ4v) is 3.47. The first kappa shape index (κ1) is 15.7. The zero-order valence-corrected chi connectivity index (χ0v) is 12.9. The van der Waals surface area contributed by atoms with Crippen molar-refractivity contribution >= 4 is 28.3 Å². The minimum Gasteiger partial charge on any atom is -0.352 e. The molecule has 1 heterocycles. The van der Waals surface area contributed by atoms with E-state index in [2.05, 4.69) is 22.2 Å². The highest BCUT2D eigenvalue weighted by atomic mass is 32.1. The van der Waals surface area contributed by atoms with Crippen LogP contribution < -0.4 is 10.6 Å². The highest BCUT2D eigenvalue weighted by molar-refractivity contribution is 7.15. The number of carbonyl (C=O) groups is 2. The summed E-state index contributed by atoms with van der Waals surface area (Å²) in [6.07, 6.45) is 9.66. The highest BCUT2D eigenvalue weighted by Gasteiger charge is 2.18. The number of anilines is 1. The fourth-order valence-electron chi connectivity index (χ4n) is 2.47. The topological polar surface area (TPSA) is 71.1 Å². The lowest BCUT2D eigenvalue weighted by molar-refractivity contribution is -0.117. The van der Waals surface area contributed by atoms with E-state index < -0.39 is 0 Å². The Morgan fingerprint density at radius 2 is 2.14 bits per heavy atom. The van der Waals surface area contributed by atoms with Gasteiger partial charge in [-0.05, 0) is 24.8 Å². The average Bonchev–Trinajstić information content (AvgIpc) is 2.96. The number of thiazole rings is 1. The number of rotatable bonds is 6.